The van der Waals surface area contributed by atoms with Gasteiger partial charge in [-0.15, -0.1) is 0 Å². The molecule has 3 heterocycles. The van der Waals surface area contributed by atoms with Crippen LogP contribution in [-0.4, -0.2) is 57.7 Å². The molecule has 6 rings (SSSR count). The summed E-state index contributed by atoms with van der Waals surface area (Å²) in [7, 11) is 1.53. The minimum Gasteiger partial charge on any atom is -0.350 e. The van der Waals surface area contributed by atoms with Gasteiger partial charge in [0, 0.05) is 37.2 Å². The Labute approximate surface area is 229 Å². The predicted octanol–water partition coefficient (Wildman–Crippen LogP) is 4.34. The number of carbonyl (C=O) groups excluding carboxylic acids is 3. The molecule has 0 radical (unpaired) electrons. The van der Waals surface area contributed by atoms with Gasteiger partial charge in [0.25, 0.3) is 5.91 Å². The zero-order chi connectivity index (χ0) is 28.8. The molecule has 40 heavy (non-hydrogen) atoms. The number of likely N-dealkylation sites (N-methyl/N-ethyl adjacent to an activating group) is 1. The topological polar surface area (TPSA) is 109 Å². The molecule has 3 aliphatic rings. The van der Waals surface area contributed by atoms with Crippen molar-refractivity contribution in [3.05, 3.63) is 65.4 Å². The summed E-state index contributed by atoms with van der Waals surface area (Å²) in [6, 6.07) is 11.8. The maximum Gasteiger partial charge on any atom is 0.270 e. The average molecular weight is 546 g/mol. The van der Waals surface area contributed by atoms with Gasteiger partial charge < -0.3 is 20.1 Å². The van der Waals surface area contributed by atoms with Crippen molar-refractivity contribution in [1.29, 1.82) is 5.26 Å². The van der Waals surface area contributed by atoms with E-state index >= 15 is 0 Å². The van der Waals surface area contributed by atoms with Crippen molar-refractivity contribution < 1.29 is 23.2 Å². The molecule has 3 aromatic rings. The van der Waals surface area contributed by atoms with E-state index in [0.29, 0.717) is 12.1 Å². The van der Waals surface area contributed by atoms with Gasteiger partial charge in [-0.05, 0) is 41.5 Å². The van der Waals surface area contributed by atoms with Crippen molar-refractivity contribution in [2.75, 3.05) is 18.9 Å². The molecule has 1 saturated heterocycles. The lowest BCUT2D eigenvalue weighted by molar-refractivity contribution is -0.138. The van der Waals surface area contributed by atoms with Crippen molar-refractivity contribution in [2.24, 2.45) is 11.3 Å². The van der Waals surface area contributed by atoms with Crippen LogP contribution in [0.3, 0.4) is 0 Å². The summed E-state index contributed by atoms with van der Waals surface area (Å²) >= 11 is 0. The molecule has 10 heteroatoms. The molecule has 1 aromatic heterocycles. The molecule has 4 atom stereocenters. The number of likely N-dealkylation sites (tertiary alicyclic amines) is 1. The summed E-state index contributed by atoms with van der Waals surface area (Å²) < 4.78 is 28.2. The highest BCUT2D eigenvalue weighted by molar-refractivity contribution is 6.08. The van der Waals surface area contributed by atoms with Gasteiger partial charge in [-0.3, -0.25) is 14.4 Å². The van der Waals surface area contributed by atoms with Crippen molar-refractivity contribution in [1.82, 2.24) is 14.8 Å². The third-order valence-electron chi connectivity index (χ3n) is 9.03. The number of fused-ring (bicyclic) bond motifs is 3. The lowest BCUT2D eigenvalue weighted by atomic mass is 9.80. The first kappa shape index (κ1) is 26.0. The van der Waals surface area contributed by atoms with Gasteiger partial charge in [0.1, 0.15) is 28.9 Å². The molecule has 0 bridgehead atoms. The number of nitrogens with one attached hydrogen (secondary N) is 2. The smallest absolute Gasteiger partial charge is 0.270 e. The van der Waals surface area contributed by atoms with E-state index in [1.54, 1.807) is 6.07 Å². The Bertz CT molecular complexity index is 1650. The van der Waals surface area contributed by atoms with Crippen LogP contribution in [0.5, 0.6) is 0 Å². The number of aromatic nitrogens is 1. The Morgan fingerprint density at radius 1 is 1.15 bits per heavy atom. The van der Waals surface area contributed by atoms with Crippen LogP contribution in [0.1, 0.15) is 49.7 Å². The number of para-hydroxylation sites is 1. The van der Waals surface area contributed by atoms with Crippen LogP contribution in [0.25, 0.3) is 10.9 Å². The first-order valence-electron chi connectivity index (χ1n) is 13.2. The zero-order valence-corrected chi connectivity index (χ0v) is 22.6. The molecule has 1 unspecified atom stereocenters. The molecule has 206 valence electrons. The molecule has 2 aliphatic heterocycles. The lowest BCUT2D eigenvalue weighted by Crippen LogP contribution is -2.55. The van der Waals surface area contributed by atoms with E-state index in [2.05, 4.69) is 16.4 Å². The van der Waals surface area contributed by atoms with E-state index < -0.39 is 40.4 Å². The molecular weight excluding hydrogens is 516 g/mol. The summed E-state index contributed by atoms with van der Waals surface area (Å²) in [6.07, 6.45) is 0.518. The van der Waals surface area contributed by atoms with Crippen LogP contribution in [0.4, 0.5) is 14.5 Å². The minimum atomic E-state index is -1.27. The Morgan fingerprint density at radius 3 is 2.55 bits per heavy atom. The molecule has 2 aromatic carbocycles. The monoisotopic (exact) mass is 545 g/mol. The Morgan fingerprint density at radius 2 is 1.88 bits per heavy atom. The van der Waals surface area contributed by atoms with Gasteiger partial charge in [-0.25, -0.2) is 8.78 Å². The minimum absolute atomic E-state index is 0.0183. The molecule has 3 amide bonds. The number of carbonyl (C=O) groups is 3. The Balaban J connectivity index is 1.38. The number of aromatic amines is 1. The van der Waals surface area contributed by atoms with Crippen molar-refractivity contribution in [3.63, 3.8) is 0 Å². The van der Waals surface area contributed by atoms with E-state index in [-0.39, 0.29) is 46.8 Å². The summed E-state index contributed by atoms with van der Waals surface area (Å²) in [6.45, 7) is 5.98. The van der Waals surface area contributed by atoms with Gasteiger partial charge in [-0.1, -0.05) is 39.0 Å². The summed E-state index contributed by atoms with van der Waals surface area (Å²) in [4.78, 5) is 47.1. The average Bonchev–Trinajstić information content (AvgIpc) is 3.21. The quantitative estimate of drug-likeness (QED) is 0.510. The fourth-order valence-electron chi connectivity index (χ4n) is 6.88. The first-order valence-corrected chi connectivity index (χ1v) is 13.2. The number of benzene rings is 2. The number of H-pyrrole nitrogens is 1. The fourth-order valence-corrected chi connectivity index (χ4v) is 6.88. The largest absolute Gasteiger partial charge is 0.350 e. The number of amides is 3. The molecule has 1 aliphatic carbocycles. The van der Waals surface area contributed by atoms with Crippen molar-refractivity contribution in [3.8, 4) is 6.07 Å². The molecule has 8 nitrogen and oxygen atoms in total. The second-order valence-corrected chi connectivity index (χ2v) is 12.3. The van der Waals surface area contributed by atoms with E-state index in [9.17, 15) is 28.4 Å². The number of anilines is 1. The highest BCUT2D eigenvalue weighted by atomic mass is 19.1. The van der Waals surface area contributed by atoms with Crippen LogP contribution in [0, 0.1) is 34.3 Å². The standard InChI is InChI=1S/C30H29F2N5O3/c1-28(2,3)24-13-30(24,36(4)25(38)23-11-18-20(32)9-16(31)10-22(18)34-23)27(40)37-15-29(12-17(37)14-33)19-7-5-6-8-21(19)35-26(29)39/h5-11,17,24,34H,12-13,15H2,1-4H3,(H,35,39)/t17-,24?,29-,30-/m0/s1. The van der Waals surface area contributed by atoms with Crippen LogP contribution < -0.4 is 5.32 Å². The number of hydrogen-bond donors (Lipinski definition) is 2. The third kappa shape index (κ3) is 3.49. The Kier molecular flexibility index (Phi) is 5.44. The highest BCUT2D eigenvalue weighted by Crippen LogP contribution is 2.59. The molecule has 1 saturated carbocycles. The number of nitrogens with zero attached hydrogens (tertiary/aromatic N) is 3. The van der Waals surface area contributed by atoms with E-state index in [1.165, 1.54) is 22.9 Å². The number of rotatable bonds is 3. The summed E-state index contributed by atoms with van der Waals surface area (Å²) in [5, 5.41) is 13.1. The summed E-state index contributed by atoms with van der Waals surface area (Å²) in [5.41, 5.74) is -1.11. The predicted molar refractivity (Wildman–Crippen MR) is 143 cm³/mol. The van der Waals surface area contributed by atoms with Gasteiger partial charge >= 0.3 is 0 Å². The van der Waals surface area contributed by atoms with Crippen LogP contribution >= 0.6 is 0 Å². The SMILES string of the molecule is CN(C(=O)c1cc2c(F)cc(F)cc2[nH]1)[C@@]1(C(=O)N2C[C@]3(C[C@H]2C#N)C(=O)Nc2ccccc23)CC1C(C)(C)C. The van der Waals surface area contributed by atoms with Gasteiger partial charge in [0.05, 0.1) is 17.0 Å². The zero-order valence-electron chi connectivity index (χ0n) is 22.6. The first-order chi connectivity index (χ1) is 18.8. The van der Waals surface area contributed by atoms with Gasteiger partial charge in [-0.2, -0.15) is 5.26 Å². The van der Waals surface area contributed by atoms with E-state index in [0.717, 1.165) is 17.7 Å². The second-order valence-electron chi connectivity index (χ2n) is 12.3. The normalized spacial score (nSPS) is 27.0. The molecule has 1 spiro atoms. The highest BCUT2D eigenvalue weighted by Gasteiger charge is 2.70. The van der Waals surface area contributed by atoms with Gasteiger partial charge in [0.15, 0.2) is 0 Å². The maximum atomic E-state index is 14.5. The Hall–Kier alpha value is -4.26. The molecule has 2 N–H and O–H groups in total. The van der Waals surface area contributed by atoms with Crippen molar-refractivity contribution in [2.45, 2.75) is 50.6 Å². The van der Waals surface area contributed by atoms with E-state index in [4.69, 9.17) is 0 Å². The second kappa shape index (κ2) is 8.37. The van der Waals surface area contributed by atoms with Crippen LogP contribution in [0.2, 0.25) is 0 Å². The lowest BCUT2D eigenvalue weighted by Gasteiger charge is -2.36. The number of nitriles is 1. The van der Waals surface area contributed by atoms with Crippen molar-refractivity contribution >= 4 is 34.3 Å². The molecule has 2 fully saturated rings. The van der Waals surface area contributed by atoms with E-state index in [1.807, 2.05) is 39.0 Å². The fraction of sp³-hybridized carbons (Fsp3) is 0.400. The molecular formula is C30H29F2N5O3. The number of hydrogen-bond acceptors (Lipinski definition) is 4. The van der Waals surface area contributed by atoms with Crippen LogP contribution in [-0.2, 0) is 15.0 Å². The van der Waals surface area contributed by atoms with Crippen LogP contribution in [0.15, 0.2) is 42.5 Å². The number of halogens is 2. The third-order valence-corrected chi connectivity index (χ3v) is 9.03. The van der Waals surface area contributed by atoms with Gasteiger partial charge in [0.2, 0.25) is 11.8 Å². The summed E-state index contributed by atoms with van der Waals surface area (Å²) in [5.74, 6) is -3.01. The maximum absolute atomic E-state index is 14.5.